The molecule has 0 atom stereocenters. The molecule has 1 saturated carbocycles. The fraction of sp³-hybridized carbons (Fsp3) is 0.636. The Balaban J connectivity index is 1.70. The number of rotatable bonds is 4. The number of amides is 2. The molecule has 0 bridgehead atoms. The molecule has 1 aromatic rings. The van der Waals surface area contributed by atoms with Crippen LogP contribution in [-0.2, 0) is 22.5 Å². The molecule has 1 aromatic heterocycles. The Hall–Kier alpha value is -2.66. The van der Waals surface area contributed by atoms with Gasteiger partial charge in [0, 0.05) is 52.1 Å². The van der Waals surface area contributed by atoms with Crippen LogP contribution in [0.15, 0.2) is 11.0 Å². The molecule has 2 aliphatic heterocycles. The topological polar surface area (TPSA) is 95.6 Å². The molecule has 1 saturated heterocycles. The fourth-order valence-electron chi connectivity index (χ4n) is 4.42. The summed E-state index contributed by atoms with van der Waals surface area (Å²) in [6.07, 6.45) is 4.93. The smallest absolute Gasteiger partial charge is 0.263 e. The van der Waals surface area contributed by atoms with Gasteiger partial charge in [0.1, 0.15) is 11.0 Å². The third kappa shape index (κ3) is 3.41. The van der Waals surface area contributed by atoms with E-state index in [-0.39, 0.29) is 29.0 Å². The minimum atomic E-state index is -1.04. The van der Waals surface area contributed by atoms with E-state index < -0.39 is 5.41 Å². The zero-order chi connectivity index (χ0) is 21.5. The van der Waals surface area contributed by atoms with Crippen molar-refractivity contribution < 1.29 is 14.3 Å². The van der Waals surface area contributed by atoms with E-state index in [1.54, 1.807) is 21.4 Å². The average Bonchev–Trinajstić information content (AvgIpc) is 3.62. The second kappa shape index (κ2) is 7.88. The van der Waals surface area contributed by atoms with Gasteiger partial charge in [0.2, 0.25) is 5.91 Å². The Morgan fingerprint density at radius 3 is 2.63 bits per heavy atom. The summed E-state index contributed by atoms with van der Waals surface area (Å²) >= 11 is 0. The predicted molar refractivity (Wildman–Crippen MR) is 109 cm³/mol. The molecular formula is C22H28N4O4. The molecule has 1 aliphatic carbocycles. The first kappa shape index (κ1) is 20.6. The van der Waals surface area contributed by atoms with Gasteiger partial charge in [-0.3, -0.25) is 14.4 Å². The lowest BCUT2D eigenvalue weighted by Gasteiger charge is -2.37. The molecule has 2 amide bonds. The number of hydrogen-bond acceptors (Lipinski definition) is 5. The lowest BCUT2D eigenvalue weighted by atomic mass is 9.79. The highest BCUT2D eigenvalue weighted by Crippen LogP contribution is 2.36. The summed E-state index contributed by atoms with van der Waals surface area (Å²) in [5.74, 6) is -0.423. The SMILES string of the molecule is CCN(C)C(=O)c1c2c(cn(C3CC3)c1=O)CN(C(=O)C1(C#N)CCOCC1)CC2. The fourth-order valence-corrected chi connectivity index (χ4v) is 4.42. The number of carbonyl (C=O) groups excluding carboxylic acids is 2. The molecule has 2 fully saturated rings. The Morgan fingerprint density at radius 1 is 1.33 bits per heavy atom. The maximum absolute atomic E-state index is 13.3. The van der Waals surface area contributed by atoms with Gasteiger partial charge in [0.05, 0.1) is 6.07 Å². The number of fused-ring (bicyclic) bond motifs is 1. The average molecular weight is 412 g/mol. The molecule has 4 rings (SSSR count). The highest BCUT2D eigenvalue weighted by molar-refractivity contribution is 5.95. The molecule has 0 N–H and O–H groups in total. The molecule has 0 aromatic carbocycles. The van der Waals surface area contributed by atoms with Crippen molar-refractivity contribution >= 4 is 11.8 Å². The zero-order valence-corrected chi connectivity index (χ0v) is 17.6. The first-order valence-electron chi connectivity index (χ1n) is 10.7. The van der Waals surface area contributed by atoms with Gasteiger partial charge in [-0.25, -0.2) is 0 Å². The van der Waals surface area contributed by atoms with Crippen molar-refractivity contribution in [3.05, 3.63) is 33.2 Å². The summed E-state index contributed by atoms with van der Waals surface area (Å²) in [5, 5.41) is 9.76. The van der Waals surface area contributed by atoms with Gasteiger partial charge in [-0.2, -0.15) is 5.26 Å². The third-order valence-electron chi connectivity index (χ3n) is 6.66. The van der Waals surface area contributed by atoms with Crippen LogP contribution >= 0.6 is 0 Å². The number of nitriles is 1. The largest absolute Gasteiger partial charge is 0.381 e. The van der Waals surface area contributed by atoms with Gasteiger partial charge in [-0.15, -0.1) is 0 Å². The molecule has 8 heteroatoms. The van der Waals surface area contributed by atoms with Crippen molar-refractivity contribution in [2.24, 2.45) is 5.41 Å². The van der Waals surface area contributed by atoms with Gasteiger partial charge in [0.25, 0.3) is 11.5 Å². The van der Waals surface area contributed by atoms with Crippen LogP contribution in [0, 0.1) is 16.7 Å². The van der Waals surface area contributed by atoms with Crippen molar-refractivity contribution in [2.45, 2.75) is 51.6 Å². The van der Waals surface area contributed by atoms with Crippen LogP contribution in [0.4, 0.5) is 0 Å². The van der Waals surface area contributed by atoms with E-state index in [0.29, 0.717) is 52.1 Å². The van der Waals surface area contributed by atoms with Crippen LogP contribution in [0.3, 0.4) is 0 Å². The number of aromatic nitrogens is 1. The maximum Gasteiger partial charge on any atom is 0.263 e. The molecule has 0 radical (unpaired) electrons. The quantitative estimate of drug-likeness (QED) is 0.746. The van der Waals surface area contributed by atoms with Gasteiger partial charge in [-0.05, 0) is 50.2 Å². The first-order valence-corrected chi connectivity index (χ1v) is 10.7. The Labute approximate surface area is 176 Å². The lowest BCUT2D eigenvalue weighted by Crippen LogP contribution is -2.48. The number of pyridine rings is 1. The van der Waals surface area contributed by atoms with E-state index in [0.717, 1.165) is 24.0 Å². The second-order valence-electron chi connectivity index (χ2n) is 8.55. The molecule has 0 spiro atoms. The Morgan fingerprint density at radius 2 is 2.03 bits per heavy atom. The standard InChI is InChI=1S/C22H28N4O4/c1-3-24(2)19(27)18-17-6-9-25(21(29)22(14-23)7-10-30-11-8-22)12-15(17)13-26(20(18)28)16-4-5-16/h13,16H,3-12H2,1-2H3. The van der Waals surface area contributed by atoms with Crippen LogP contribution < -0.4 is 5.56 Å². The number of nitrogens with zero attached hydrogens (tertiary/aromatic N) is 4. The molecule has 3 heterocycles. The summed E-state index contributed by atoms with van der Waals surface area (Å²) in [5.41, 5.74) is 0.580. The van der Waals surface area contributed by atoms with Crippen LogP contribution in [0.25, 0.3) is 0 Å². The van der Waals surface area contributed by atoms with Crippen molar-refractivity contribution in [1.29, 1.82) is 5.26 Å². The van der Waals surface area contributed by atoms with Crippen LogP contribution in [-0.4, -0.2) is 59.5 Å². The van der Waals surface area contributed by atoms with E-state index in [4.69, 9.17) is 4.74 Å². The molecule has 160 valence electrons. The van der Waals surface area contributed by atoms with Crippen molar-refractivity contribution in [3.8, 4) is 6.07 Å². The molecule has 0 unspecified atom stereocenters. The number of ether oxygens (including phenoxy) is 1. The highest BCUT2D eigenvalue weighted by atomic mass is 16.5. The van der Waals surface area contributed by atoms with Crippen molar-refractivity contribution in [1.82, 2.24) is 14.4 Å². The lowest BCUT2D eigenvalue weighted by molar-refractivity contribution is -0.144. The van der Waals surface area contributed by atoms with Crippen molar-refractivity contribution in [3.63, 3.8) is 0 Å². The molecule has 8 nitrogen and oxygen atoms in total. The Kier molecular flexibility index (Phi) is 5.41. The third-order valence-corrected chi connectivity index (χ3v) is 6.66. The summed E-state index contributed by atoms with van der Waals surface area (Å²) in [4.78, 5) is 42.7. The number of carbonyl (C=O) groups is 2. The van der Waals surface area contributed by atoms with E-state index in [1.165, 1.54) is 0 Å². The molecule has 3 aliphatic rings. The molecule has 30 heavy (non-hydrogen) atoms. The van der Waals surface area contributed by atoms with Gasteiger partial charge in [-0.1, -0.05) is 0 Å². The maximum atomic E-state index is 13.3. The highest BCUT2D eigenvalue weighted by Gasteiger charge is 2.44. The van der Waals surface area contributed by atoms with E-state index in [2.05, 4.69) is 6.07 Å². The number of hydrogen-bond donors (Lipinski definition) is 0. The van der Waals surface area contributed by atoms with E-state index >= 15 is 0 Å². The van der Waals surface area contributed by atoms with E-state index in [1.807, 2.05) is 13.1 Å². The normalized spacial score (nSPS) is 20.2. The van der Waals surface area contributed by atoms with Crippen LogP contribution in [0.2, 0.25) is 0 Å². The van der Waals surface area contributed by atoms with Crippen LogP contribution in [0.1, 0.15) is 60.1 Å². The predicted octanol–water partition coefficient (Wildman–Crippen LogP) is 1.48. The summed E-state index contributed by atoms with van der Waals surface area (Å²) in [7, 11) is 1.70. The Bertz CT molecular complexity index is 967. The van der Waals surface area contributed by atoms with E-state index in [9.17, 15) is 19.6 Å². The zero-order valence-electron chi connectivity index (χ0n) is 17.6. The van der Waals surface area contributed by atoms with Gasteiger partial charge in [0.15, 0.2) is 0 Å². The monoisotopic (exact) mass is 412 g/mol. The summed E-state index contributed by atoms with van der Waals surface area (Å²) < 4.78 is 7.03. The van der Waals surface area contributed by atoms with Crippen LogP contribution in [0.5, 0.6) is 0 Å². The summed E-state index contributed by atoms with van der Waals surface area (Å²) in [6, 6.07) is 2.38. The minimum Gasteiger partial charge on any atom is -0.381 e. The first-order chi connectivity index (χ1) is 14.4. The summed E-state index contributed by atoms with van der Waals surface area (Å²) in [6.45, 7) is 3.94. The minimum absolute atomic E-state index is 0.133. The van der Waals surface area contributed by atoms with Gasteiger partial charge >= 0.3 is 0 Å². The van der Waals surface area contributed by atoms with Gasteiger partial charge < -0.3 is 19.1 Å². The van der Waals surface area contributed by atoms with Crippen molar-refractivity contribution in [2.75, 3.05) is 33.4 Å². The molecular weight excluding hydrogens is 384 g/mol. The second-order valence-corrected chi connectivity index (χ2v) is 8.55.